The first-order valence-electron chi connectivity index (χ1n) is 6.22. The van der Waals surface area contributed by atoms with Crippen LogP contribution >= 0.6 is 0 Å². The van der Waals surface area contributed by atoms with E-state index in [-0.39, 0.29) is 17.2 Å². The zero-order valence-electron chi connectivity index (χ0n) is 10.9. The fourth-order valence-corrected chi connectivity index (χ4v) is 1.78. The maximum atomic E-state index is 12.8. The van der Waals surface area contributed by atoms with E-state index < -0.39 is 30.5 Å². The van der Waals surface area contributed by atoms with Crippen molar-refractivity contribution in [2.75, 3.05) is 13.2 Å². The van der Waals surface area contributed by atoms with Crippen LogP contribution in [0.3, 0.4) is 0 Å². The quantitative estimate of drug-likeness (QED) is 0.726. The van der Waals surface area contributed by atoms with Gasteiger partial charge in [-0.2, -0.15) is 0 Å². The second-order valence-electron chi connectivity index (χ2n) is 4.88. The van der Waals surface area contributed by atoms with Crippen molar-refractivity contribution in [3.8, 4) is 0 Å². The monoisotopic (exact) mass is 287 g/mol. The number of rotatable bonds is 5. The molecule has 8 heteroatoms. The molecule has 110 valence electrons. The molecule has 0 unspecified atom stereocenters. The van der Waals surface area contributed by atoms with Gasteiger partial charge in [-0.25, -0.2) is 13.8 Å². The smallest absolute Gasteiger partial charge is 0.287 e. The van der Waals surface area contributed by atoms with Gasteiger partial charge in [-0.3, -0.25) is 9.59 Å². The number of carbonyl (C=O) groups is 1. The zero-order chi connectivity index (χ0) is 14.9. The number of halogens is 2. The molecule has 0 atom stereocenters. The van der Waals surface area contributed by atoms with Gasteiger partial charge in [0.1, 0.15) is 18.0 Å². The van der Waals surface area contributed by atoms with E-state index >= 15 is 0 Å². The molecular formula is C12H15F2N3O3. The van der Waals surface area contributed by atoms with E-state index in [9.17, 15) is 18.4 Å². The Morgan fingerprint density at radius 1 is 1.55 bits per heavy atom. The number of hydrogen-bond donors (Lipinski definition) is 3. The number of aliphatic hydroxyl groups excluding tert-OH is 1. The second-order valence-corrected chi connectivity index (χ2v) is 4.88. The summed E-state index contributed by atoms with van der Waals surface area (Å²) in [7, 11) is 0. The van der Waals surface area contributed by atoms with Crippen molar-refractivity contribution in [1.29, 1.82) is 0 Å². The first kappa shape index (κ1) is 14.6. The van der Waals surface area contributed by atoms with Crippen LogP contribution in [0.2, 0.25) is 0 Å². The van der Waals surface area contributed by atoms with Crippen LogP contribution < -0.4 is 10.9 Å². The Labute approximate surface area is 113 Å². The van der Waals surface area contributed by atoms with Gasteiger partial charge in [0, 0.05) is 5.92 Å². The van der Waals surface area contributed by atoms with Gasteiger partial charge in [0.05, 0.1) is 12.2 Å². The van der Waals surface area contributed by atoms with Crippen molar-refractivity contribution < 1.29 is 18.7 Å². The summed E-state index contributed by atoms with van der Waals surface area (Å²) in [5, 5.41) is 10.3. The Hall–Kier alpha value is -1.83. The summed E-state index contributed by atoms with van der Waals surface area (Å²) in [6.45, 7) is -0.923. The lowest BCUT2D eigenvalue weighted by molar-refractivity contribution is -0.0462. The van der Waals surface area contributed by atoms with Gasteiger partial charge in [0.25, 0.3) is 17.4 Å². The van der Waals surface area contributed by atoms with Gasteiger partial charge in [-0.05, 0) is 19.8 Å². The lowest BCUT2D eigenvalue weighted by Gasteiger charge is -2.14. The summed E-state index contributed by atoms with van der Waals surface area (Å²) in [6.07, 6.45) is 1.88. The highest BCUT2D eigenvalue weighted by atomic mass is 19.3. The molecule has 1 aliphatic rings. The number of nitrogens with one attached hydrogen (secondary N) is 2. The highest BCUT2D eigenvalue weighted by molar-refractivity contribution is 5.94. The second kappa shape index (κ2) is 5.28. The maximum absolute atomic E-state index is 12.8. The normalized spacial score (nSPS) is 15.2. The zero-order valence-corrected chi connectivity index (χ0v) is 10.9. The number of hydrogen-bond acceptors (Lipinski definition) is 4. The Balaban J connectivity index is 2.16. The first-order chi connectivity index (χ1) is 9.34. The molecule has 1 fully saturated rings. The van der Waals surface area contributed by atoms with Crippen molar-refractivity contribution in [3.63, 3.8) is 0 Å². The molecule has 1 aromatic rings. The van der Waals surface area contributed by atoms with Gasteiger partial charge >= 0.3 is 0 Å². The number of alkyl halides is 2. The standard InChI is InChI=1S/C12H15F2N3O3/c1-6-8(10(19)15-4-12(13,14)5-18)11(20)17-9(16-6)7-2-3-7/h7,18H,2-5H2,1H3,(H,15,19)(H,16,17,20). The third kappa shape index (κ3) is 3.19. The number of aryl methyl sites for hydroxylation is 1. The molecule has 1 saturated carbocycles. The third-order valence-corrected chi connectivity index (χ3v) is 3.05. The Morgan fingerprint density at radius 2 is 2.20 bits per heavy atom. The van der Waals surface area contributed by atoms with Crippen molar-refractivity contribution in [2.45, 2.75) is 31.6 Å². The molecule has 0 aliphatic heterocycles. The predicted molar refractivity (Wildman–Crippen MR) is 65.9 cm³/mol. The number of aliphatic hydroxyl groups is 1. The summed E-state index contributed by atoms with van der Waals surface area (Å²) in [4.78, 5) is 30.2. The molecule has 0 radical (unpaired) electrons. The summed E-state index contributed by atoms with van der Waals surface area (Å²) < 4.78 is 25.7. The van der Waals surface area contributed by atoms with Crippen LogP contribution in [0.4, 0.5) is 8.78 Å². The van der Waals surface area contributed by atoms with Gasteiger partial charge in [-0.1, -0.05) is 0 Å². The molecule has 2 rings (SSSR count). The minimum atomic E-state index is -3.42. The maximum Gasteiger partial charge on any atom is 0.287 e. The summed E-state index contributed by atoms with van der Waals surface area (Å²) in [5.74, 6) is -3.59. The van der Waals surface area contributed by atoms with Crippen molar-refractivity contribution in [1.82, 2.24) is 15.3 Å². The molecule has 1 aromatic heterocycles. The Bertz CT molecular complexity index is 582. The largest absolute Gasteiger partial charge is 0.390 e. The molecule has 6 nitrogen and oxygen atoms in total. The molecule has 1 heterocycles. The third-order valence-electron chi connectivity index (χ3n) is 3.05. The SMILES string of the molecule is Cc1nc(C2CC2)[nH]c(=O)c1C(=O)NCC(F)(F)CO. The molecule has 20 heavy (non-hydrogen) atoms. The van der Waals surface area contributed by atoms with E-state index in [1.807, 2.05) is 5.32 Å². The minimum Gasteiger partial charge on any atom is -0.390 e. The van der Waals surface area contributed by atoms with Crippen LogP contribution in [0, 0.1) is 6.92 Å². The van der Waals surface area contributed by atoms with Crippen LogP contribution in [0.25, 0.3) is 0 Å². The molecule has 0 bridgehead atoms. The Kier molecular flexibility index (Phi) is 3.85. The highest BCUT2D eigenvalue weighted by Gasteiger charge is 2.30. The van der Waals surface area contributed by atoms with E-state index in [1.54, 1.807) is 0 Å². The van der Waals surface area contributed by atoms with Crippen LogP contribution in [0.5, 0.6) is 0 Å². The number of amides is 1. The van der Waals surface area contributed by atoms with Crippen LogP contribution in [-0.2, 0) is 0 Å². The highest BCUT2D eigenvalue weighted by Crippen LogP contribution is 2.37. The topological polar surface area (TPSA) is 95.1 Å². The van der Waals surface area contributed by atoms with E-state index in [1.165, 1.54) is 6.92 Å². The van der Waals surface area contributed by atoms with Gasteiger partial charge < -0.3 is 15.4 Å². The van der Waals surface area contributed by atoms with Crippen LogP contribution in [0.1, 0.15) is 40.6 Å². The number of nitrogens with zero attached hydrogens (tertiary/aromatic N) is 1. The number of aromatic nitrogens is 2. The van der Waals surface area contributed by atoms with Crippen LogP contribution in [0.15, 0.2) is 4.79 Å². The van der Waals surface area contributed by atoms with Gasteiger partial charge in [0.15, 0.2) is 0 Å². The first-order valence-corrected chi connectivity index (χ1v) is 6.22. The van der Waals surface area contributed by atoms with Crippen molar-refractivity contribution >= 4 is 5.91 Å². The van der Waals surface area contributed by atoms with Gasteiger partial charge in [-0.15, -0.1) is 0 Å². The Morgan fingerprint density at radius 3 is 2.70 bits per heavy atom. The van der Waals surface area contributed by atoms with Gasteiger partial charge in [0.2, 0.25) is 0 Å². The average molecular weight is 287 g/mol. The number of H-pyrrole nitrogens is 1. The lowest BCUT2D eigenvalue weighted by Crippen LogP contribution is -2.41. The molecule has 1 amide bonds. The minimum absolute atomic E-state index is 0.209. The summed E-state index contributed by atoms with van der Waals surface area (Å²) in [6, 6.07) is 0. The molecule has 0 spiro atoms. The molecule has 0 saturated heterocycles. The van der Waals surface area contributed by atoms with Crippen molar-refractivity contribution in [2.24, 2.45) is 0 Å². The van der Waals surface area contributed by atoms with E-state index in [0.29, 0.717) is 5.82 Å². The molecule has 0 aromatic carbocycles. The number of aromatic amines is 1. The molecular weight excluding hydrogens is 272 g/mol. The summed E-state index contributed by atoms with van der Waals surface area (Å²) in [5.41, 5.74) is -0.701. The lowest BCUT2D eigenvalue weighted by atomic mass is 10.2. The summed E-state index contributed by atoms with van der Waals surface area (Å²) >= 11 is 0. The molecule has 1 aliphatic carbocycles. The van der Waals surface area contributed by atoms with Crippen LogP contribution in [-0.4, -0.2) is 40.1 Å². The van der Waals surface area contributed by atoms with E-state index in [4.69, 9.17) is 5.11 Å². The van der Waals surface area contributed by atoms with E-state index in [0.717, 1.165) is 12.8 Å². The van der Waals surface area contributed by atoms with E-state index in [2.05, 4.69) is 9.97 Å². The fourth-order valence-electron chi connectivity index (χ4n) is 1.78. The molecule has 3 N–H and O–H groups in total. The van der Waals surface area contributed by atoms with Crippen molar-refractivity contribution in [3.05, 3.63) is 27.4 Å². The predicted octanol–water partition coefficient (Wildman–Crippen LogP) is 0.313. The fraction of sp³-hybridized carbons (Fsp3) is 0.583. The average Bonchev–Trinajstić information content (AvgIpc) is 3.20. The number of carbonyl (C=O) groups excluding carboxylic acids is 1.